The van der Waals surface area contributed by atoms with Crippen LogP contribution in [0.1, 0.15) is 18.2 Å². The first kappa shape index (κ1) is 9.59. The summed E-state index contributed by atoms with van der Waals surface area (Å²) in [5, 5.41) is 1.05. The minimum absolute atomic E-state index is 0.874. The Hall–Kier alpha value is -1.96. The second-order valence-electron chi connectivity index (χ2n) is 3.20. The van der Waals surface area contributed by atoms with Crippen LogP contribution < -0.4 is 0 Å². The molecule has 0 aliphatic rings. The van der Waals surface area contributed by atoms with E-state index in [9.17, 15) is 0 Å². The van der Waals surface area contributed by atoms with E-state index in [-0.39, 0.29) is 0 Å². The SMILES string of the molecule is C=Cc1ncc2cccnc2c1/C=C\C. The maximum atomic E-state index is 4.37. The van der Waals surface area contributed by atoms with Crippen molar-refractivity contribution in [1.82, 2.24) is 9.97 Å². The third kappa shape index (κ3) is 1.66. The van der Waals surface area contributed by atoms with Gasteiger partial charge in [0.1, 0.15) is 0 Å². The number of nitrogens with zero attached hydrogens (tertiary/aromatic N) is 2. The van der Waals surface area contributed by atoms with Crippen LogP contribution in [-0.2, 0) is 0 Å². The van der Waals surface area contributed by atoms with E-state index in [1.165, 1.54) is 0 Å². The van der Waals surface area contributed by atoms with Crippen LogP contribution in [-0.4, -0.2) is 9.97 Å². The molecule has 2 aromatic rings. The third-order valence-corrected chi connectivity index (χ3v) is 2.24. The zero-order valence-corrected chi connectivity index (χ0v) is 8.64. The highest BCUT2D eigenvalue weighted by Gasteiger charge is 2.04. The molecule has 0 bridgehead atoms. The number of rotatable bonds is 2. The fraction of sp³-hybridized carbons (Fsp3) is 0.0769. The Balaban J connectivity index is 2.84. The van der Waals surface area contributed by atoms with Gasteiger partial charge in [-0.15, -0.1) is 0 Å². The summed E-state index contributed by atoms with van der Waals surface area (Å²) in [4.78, 5) is 8.70. The van der Waals surface area contributed by atoms with E-state index >= 15 is 0 Å². The molecule has 0 radical (unpaired) electrons. The standard InChI is InChI=1S/C13H12N2/c1-3-6-11-12(4-2)15-9-10-7-5-8-14-13(10)11/h3-9H,2H2,1H3/b6-3-. The van der Waals surface area contributed by atoms with E-state index in [4.69, 9.17) is 0 Å². The molecule has 2 heteroatoms. The Kier molecular flexibility index (Phi) is 2.59. The molecule has 0 aliphatic carbocycles. The zero-order chi connectivity index (χ0) is 10.7. The summed E-state index contributed by atoms with van der Waals surface area (Å²) in [5.74, 6) is 0. The Bertz CT molecular complexity index is 527. The molecule has 15 heavy (non-hydrogen) atoms. The Labute approximate surface area is 89.0 Å². The molecule has 0 unspecified atom stereocenters. The number of fused-ring (bicyclic) bond motifs is 1. The van der Waals surface area contributed by atoms with Gasteiger partial charge in [0.25, 0.3) is 0 Å². The van der Waals surface area contributed by atoms with Crippen molar-refractivity contribution < 1.29 is 0 Å². The highest BCUT2D eigenvalue weighted by Crippen LogP contribution is 2.20. The van der Waals surface area contributed by atoms with Crippen LogP contribution in [0.4, 0.5) is 0 Å². The van der Waals surface area contributed by atoms with Gasteiger partial charge in [-0.3, -0.25) is 9.97 Å². The third-order valence-electron chi connectivity index (χ3n) is 2.24. The van der Waals surface area contributed by atoms with E-state index in [1.54, 1.807) is 12.3 Å². The minimum atomic E-state index is 0.874. The van der Waals surface area contributed by atoms with Gasteiger partial charge in [0.05, 0.1) is 11.2 Å². The van der Waals surface area contributed by atoms with Gasteiger partial charge < -0.3 is 0 Å². The molecule has 0 spiro atoms. The Morgan fingerprint density at radius 3 is 2.93 bits per heavy atom. The van der Waals surface area contributed by atoms with Crippen LogP contribution in [0.2, 0.25) is 0 Å². The fourth-order valence-corrected chi connectivity index (χ4v) is 1.57. The minimum Gasteiger partial charge on any atom is -0.255 e. The lowest BCUT2D eigenvalue weighted by Gasteiger charge is -2.04. The molecule has 2 nitrogen and oxygen atoms in total. The lowest BCUT2D eigenvalue weighted by atomic mass is 10.1. The molecule has 2 aromatic heterocycles. The van der Waals surface area contributed by atoms with Crippen molar-refractivity contribution in [2.75, 3.05) is 0 Å². The van der Waals surface area contributed by atoms with E-state index in [0.29, 0.717) is 0 Å². The molecular weight excluding hydrogens is 184 g/mol. The van der Waals surface area contributed by atoms with Crippen molar-refractivity contribution in [3.63, 3.8) is 0 Å². The maximum Gasteiger partial charge on any atom is 0.0811 e. The first-order valence-corrected chi connectivity index (χ1v) is 4.85. The van der Waals surface area contributed by atoms with Gasteiger partial charge in [0.15, 0.2) is 0 Å². The summed E-state index contributed by atoms with van der Waals surface area (Å²) < 4.78 is 0. The van der Waals surface area contributed by atoms with Gasteiger partial charge >= 0.3 is 0 Å². The van der Waals surface area contributed by atoms with E-state index in [1.807, 2.05) is 37.4 Å². The van der Waals surface area contributed by atoms with Crippen molar-refractivity contribution in [2.24, 2.45) is 0 Å². The quantitative estimate of drug-likeness (QED) is 0.736. The van der Waals surface area contributed by atoms with Crippen LogP contribution in [0.25, 0.3) is 23.1 Å². The van der Waals surface area contributed by atoms with Crippen molar-refractivity contribution >= 4 is 23.1 Å². The summed E-state index contributed by atoms with van der Waals surface area (Å²) in [6, 6.07) is 3.92. The van der Waals surface area contributed by atoms with Crippen LogP contribution in [0.15, 0.2) is 37.2 Å². The highest BCUT2D eigenvalue weighted by atomic mass is 14.7. The summed E-state index contributed by atoms with van der Waals surface area (Å²) in [6.45, 7) is 5.74. The topological polar surface area (TPSA) is 25.8 Å². The number of pyridine rings is 2. The Morgan fingerprint density at radius 1 is 1.33 bits per heavy atom. The second-order valence-corrected chi connectivity index (χ2v) is 3.20. The normalized spacial score (nSPS) is 11.0. The van der Waals surface area contributed by atoms with Crippen LogP contribution in [0.5, 0.6) is 0 Å². The van der Waals surface area contributed by atoms with Crippen LogP contribution >= 0.6 is 0 Å². The van der Waals surface area contributed by atoms with Gasteiger partial charge in [-0.2, -0.15) is 0 Å². The predicted molar refractivity (Wildman–Crippen MR) is 64.3 cm³/mol. The van der Waals surface area contributed by atoms with E-state index < -0.39 is 0 Å². The van der Waals surface area contributed by atoms with Crippen molar-refractivity contribution in [3.8, 4) is 0 Å². The summed E-state index contributed by atoms with van der Waals surface area (Å²) in [7, 11) is 0. The van der Waals surface area contributed by atoms with Gasteiger partial charge in [-0.05, 0) is 25.1 Å². The second kappa shape index (κ2) is 4.05. The first-order valence-electron chi connectivity index (χ1n) is 4.85. The molecule has 2 rings (SSSR count). The number of hydrogen-bond donors (Lipinski definition) is 0. The molecule has 0 aliphatic heterocycles. The summed E-state index contributed by atoms with van der Waals surface area (Å²) in [5.41, 5.74) is 2.88. The molecule has 0 atom stereocenters. The molecule has 0 fully saturated rings. The largest absolute Gasteiger partial charge is 0.255 e. The van der Waals surface area contributed by atoms with Gasteiger partial charge in [0, 0.05) is 23.3 Å². The molecule has 0 aromatic carbocycles. The summed E-state index contributed by atoms with van der Waals surface area (Å²) >= 11 is 0. The summed E-state index contributed by atoms with van der Waals surface area (Å²) in [6.07, 6.45) is 9.37. The highest BCUT2D eigenvalue weighted by molar-refractivity contribution is 5.89. The van der Waals surface area contributed by atoms with E-state index in [2.05, 4.69) is 16.5 Å². The average Bonchev–Trinajstić information content (AvgIpc) is 2.30. The van der Waals surface area contributed by atoms with Crippen LogP contribution in [0, 0.1) is 0 Å². The molecule has 0 amide bonds. The zero-order valence-electron chi connectivity index (χ0n) is 8.64. The lowest BCUT2D eigenvalue weighted by Crippen LogP contribution is -1.90. The van der Waals surface area contributed by atoms with Gasteiger partial charge in [0.2, 0.25) is 0 Å². The van der Waals surface area contributed by atoms with Gasteiger partial charge in [-0.25, -0.2) is 0 Å². The average molecular weight is 196 g/mol. The first-order chi connectivity index (χ1) is 7.36. The maximum absolute atomic E-state index is 4.37. The number of hydrogen-bond acceptors (Lipinski definition) is 2. The molecule has 0 N–H and O–H groups in total. The number of aromatic nitrogens is 2. The van der Waals surface area contributed by atoms with Crippen molar-refractivity contribution in [1.29, 1.82) is 0 Å². The van der Waals surface area contributed by atoms with Crippen molar-refractivity contribution in [3.05, 3.63) is 48.4 Å². The van der Waals surface area contributed by atoms with Crippen LogP contribution in [0.3, 0.4) is 0 Å². The van der Waals surface area contributed by atoms with Crippen molar-refractivity contribution in [2.45, 2.75) is 6.92 Å². The molecular formula is C13H12N2. The smallest absolute Gasteiger partial charge is 0.0811 e. The lowest BCUT2D eigenvalue weighted by molar-refractivity contribution is 1.28. The monoisotopic (exact) mass is 196 g/mol. The number of allylic oxidation sites excluding steroid dienone is 1. The molecule has 2 heterocycles. The Morgan fingerprint density at radius 2 is 2.20 bits per heavy atom. The molecule has 74 valence electrons. The molecule has 0 saturated heterocycles. The van der Waals surface area contributed by atoms with Gasteiger partial charge in [-0.1, -0.05) is 18.7 Å². The molecule has 0 saturated carbocycles. The fourth-order valence-electron chi connectivity index (χ4n) is 1.57. The predicted octanol–water partition coefficient (Wildman–Crippen LogP) is 3.31. The van der Waals surface area contributed by atoms with E-state index in [0.717, 1.165) is 22.2 Å².